The van der Waals surface area contributed by atoms with Crippen molar-refractivity contribution in [1.82, 2.24) is 4.57 Å². The van der Waals surface area contributed by atoms with Crippen molar-refractivity contribution >= 4 is 23.6 Å². The van der Waals surface area contributed by atoms with Gasteiger partial charge in [0.05, 0.1) is 10.9 Å². The summed E-state index contributed by atoms with van der Waals surface area (Å²) in [6, 6.07) is 18.8. The summed E-state index contributed by atoms with van der Waals surface area (Å²) in [5, 5.41) is 3.41. The summed E-state index contributed by atoms with van der Waals surface area (Å²) in [7, 11) is 0. The summed E-state index contributed by atoms with van der Waals surface area (Å²) < 4.78 is 2.26. The second-order valence-electron chi connectivity index (χ2n) is 4.74. The van der Waals surface area contributed by atoms with E-state index >= 15 is 0 Å². The first-order chi connectivity index (χ1) is 9.83. The fourth-order valence-corrected chi connectivity index (χ4v) is 2.54. The van der Waals surface area contributed by atoms with Gasteiger partial charge in [0.2, 0.25) is 0 Å². The molecule has 0 amide bonds. The predicted molar refractivity (Wildman–Crippen MR) is 87.3 cm³/mol. The summed E-state index contributed by atoms with van der Waals surface area (Å²) in [6.45, 7) is 6.28. The molecule has 0 aliphatic rings. The van der Waals surface area contributed by atoms with Crippen molar-refractivity contribution in [3.05, 3.63) is 77.3 Å². The molecule has 0 fully saturated rings. The Hall–Kier alpha value is -2.54. The molecular weight excluding hydrogens is 242 g/mol. The van der Waals surface area contributed by atoms with E-state index in [0.717, 1.165) is 16.3 Å². The molecule has 0 N–H and O–H groups in total. The third kappa shape index (κ3) is 1.97. The first-order valence-electron chi connectivity index (χ1n) is 6.80. The minimum Gasteiger partial charge on any atom is -0.309 e. The summed E-state index contributed by atoms with van der Waals surface area (Å²) in [4.78, 5) is 0. The summed E-state index contributed by atoms with van der Waals surface area (Å²) in [5.74, 6) is 0. The number of para-hydroxylation sites is 2. The number of hydrogen-bond acceptors (Lipinski definition) is 0. The predicted octanol–water partition coefficient (Wildman–Crippen LogP) is 3.40. The van der Waals surface area contributed by atoms with E-state index in [1.807, 2.05) is 19.1 Å². The molecule has 1 aromatic heterocycles. The third-order valence-electron chi connectivity index (χ3n) is 3.48. The second kappa shape index (κ2) is 5.22. The highest BCUT2D eigenvalue weighted by molar-refractivity contribution is 5.83. The maximum Gasteiger partial charge on any atom is 0.0540 e. The van der Waals surface area contributed by atoms with Crippen molar-refractivity contribution in [3.63, 3.8) is 0 Å². The van der Waals surface area contributed by atoms with Gasteiger partial charge in [-0.15, -0.1) is 0 Å². The SMILES string of the molecule is C=c1/c(=C\C=C/C)n(-c2ccccc2)c2ccccc12. The van der Waals surface area contributed by atoms with Crippen LogP contribution in [0.1, 0.15) is 6.92 Å². The Labute approximate surface area is 118 Å². The molecule has 0 aliphatic carbocycles. The average Bonchev–Trinajstić information content (AvgIpc) is 2.79. The molecule has 1 heteroatoms. The van der Waals surface area contributed by atoms with Gasteiger partial charge in [-0.3, -0.25) is 0 Å². The Kier molecular flexibility index (Phi) is 3.26. The second-order valence-corrected chi connectivity index (χ2v) is 4.74. The summed E-state index contributed by atoms with van der Waals surface area (Å²) in [6.07, 6.45) is 6.21. The highest BCUT2D eigenvalue weighted by Gasteiger charge is 2.06. The van der Waals surface area contributed by atoms with Gasteiger partial charge in [-0.05, 0) is 31.2 Å². The molecule has 20 heavy (non-hydrogen) atoms. The smallest absolute Gasteiger partial charge is 0.0540 e. The lowest BCUT2D eigenvalue weighted by molar-refractivity contribution is 1.07. The van der Waals surface area contributed by atoms with Crippen LogP contribution in [0.2, 0.25) is 0 Å². The number of benzene rings is 2. The zero-order valence-corrected chi connectivity index (χ0v) is 11.6. The number of aromatic nitrogens is 1. The number of allylic oxidation sites excluding steroid dienone is 2. The first kappa shape index (κ1) is 12.5. The van der Waals surface area contributed by atoms with E-state index in [1.165, 1.54) is 10.9 Å². The van der Waals surface area contributed by atoms with Gasteiger partial charge in [0.1, 0.15) is 0 Å². The van der Waals surface area contributed by atoms with E-state index in [9.17, 15) is 0 Å². The van der Waals surface area contributed by atoms with Crippen LogP contribution in [-0.4, -0.2) is 4.57 Å². The lowest BCUT2D eigenvalue weighted by Crippen LogP contribution is -2.26. The summed E-state index contributed by atoms with van der Waals surface area (Å²) >= 11 is 0. The standard InChI is InChI=1S/C19H17N/c1-3-4-13-18-15(2)17-12-8-9-14-19(17)20(18)16-10-6-5-7-11-16/h3-14H,2H2,1H3/b4-3-,18-13+. The van der Waals surface area contributed by atoms with Crippen molar-refractivity contribution in [1.29, 1.82) is 0 Å². The zero-order valence-electron chi connectivity index (χ0n) is 11.6. The molecule has 0 saturated heterocycles. The molecule has 0 radical (unpaired) electrons. The Balaban J connectivity index is 2.49. The molecular formula is C19H17N. The average molecular weight is 259 g/mol. The highest BCUT2D eigenvalue weighted by atomic mass is 15.0. The molecule has 98 valence electrons. The number of rotatable bonds is 2. The van der Waals surface area contributed by atoms with Gasteiger partial charge in [-0.1, -0.05) is 55.1 Å². The van der Waals surface area contributed by atoms with E-state index in [1.54, 1.807) is 0 Å². The molecule has 3 aromatic rings. The number of hydrogen-bond donors (Lipinski definition) is 0. The highest BCUT2D eigenvalue weighted by Crippen LogP contribution is 2.14. The van der Waals surface area contributed by atoms with Gasteiger partial charge >= 0.3 is 0 Å². The Morgan fingerprint density at radius 1 is 0.950 bits per heavy atom. The Bertz CT molecular complexity index is 867. The summed E-state index contributed by atoms with van der Waals surface area (Å²) in [5.41, 5.74) is 2.36. The van der Waals surface area contributed by atoms with Crippen molar-refractivity contribution in [3.8, 4) is 5.69 Å². The minimum absolute atomic E-state index is 1.07. The van der Waals surface area contributed by atoms with Crippen LogP contribution < -0.4 is 10.6 Å². The van der Waals surface area contributed by atoms with Gasteiger partial charge in [0.25, 0.3) is 0 Å². The van der Waals surface area contributed by atoms with Crippen molar-refractivity contribution in [2.24, 2.45) is 0 Å². The molecule has 0 saturated carbocycles. The molecule has 1 nitrogen and oxygen atoms in total. The van der Waals surface area contributed by atoms with Crippen molar-refractivity contribution < 1.29 is 0 Å². The number of nitrogens with zero attached hydrogens (tertiary/aromatic N) is 1. The maximum absolute atomic E-state index is 4.26. The fourth-order valence-electron chi connectivity index (χ4n) is 2.54. The van der Waals surface area contributed by atoms with Crippen LogP contribution >= 0.6 is 0 Å². The molecule has 1 heterocycles. The van der Waals surface area contributed by atoms with Gasteiger partial charge in [0, 0.05) is 16.3 Å². The molecule has 0 spiro atoms. The van der Waals surface area contributed by atoms with Crippen LogP contribution in [-0.2, 0) is 0 Å². The van der Waals surface area contributed by atoms with Gasteiger partial charge in [-0.2, -0.15) is 0 Å². The van der Waals surface area contributed by atoms with Crippen LogP contribution in [0.25, 0.3) is 29.2 Å². The van der Waals surface area contributed by atoms with Gasteiger partial charge < -0.3 is 4.57 Å². The van der Waals surface area contributed by atoms with Gasteiger partial charge in [-0.25, -0.2) is 0 Å². The lowest BCUT2D eigenvalue weighted by atomic mass is 10.2. The molecule has 2 aromatic carbocycles. The lowest BCUT2D eigenvalue weighted by Gasteiger charge is -2.05. The molecule has 0 bridgehead atoms. The van der Waals surface area contributed by atoms with Crippen LogP contribution in [0.5, 0.6) is 0 Å². The van der Waals surface area contributed by atoms with Crippen LogP contribution in [0.4, 0.5) is 0 Å². The van der Waals surface area contributed by atoms with E-state index in [2.05, 4.69) is 71.8 Å². The normalized spacial score (nSPS) is 12.6. The first-order valence-corrected chi connectivity index (χ1v) is 6.80. The van der Waals surface area contributed by atoms with Crippen LogP contribution in [0.3, 0.4) is 0 Å². The Morgan fingerprint density at radius 3 is 2.40 bits per heavy atom. The molecule has 3 rings (SSSR count). The van der Waals surface area contributed by atoms with Crippen molar-refractivity contribution in [2.45, 2.75) is 6.92 Å². The minimum atomic E-state index is 1.07. The van der Waals surface area contributed by atoms with Crippen LogP contribution in [0, 0.1) is 0 Å². The Morgan fingerprint density at radius 2 is 1.65 bits per heavy atom. The van der Waals surface area contributed by atoms with Crippen molar-refractivity contribution in [2.75, 3.05) is 0 Å². The van der Waals surface area contributed by atoms with E-state index in [4.69, 9.17) is 0 Å². The monoisotopic (exact) mass is 259 g/mol. The molecule has 0 aliphatic heterocycles. The van der Waals surface area contributed by atoms with Crippen LogP contribution in [0.15, 0.2) is 66.7 Å². The zero-order chi connectivity index (χ0) is 13.9. The van der Waals surface area contributed by atoms with E-state index < -0.39 is 0 Å². The van der Waals surface area contributed by atoms with E-state index in [-0.39, 0.29) is 0 Å². The van der Waals surface area contributed by atoms with Gasteiger partial charge in [0.15, 0.2) is 0 Å². The fraction of sp³-hybridized carbons (Fsp3) is 0.0526. The maximum atomic E-state index is 4.26. The topological polar surface area (TPSA) is 4.93 Å². The van der Waals surface area contributed by atoms with E-state index in [0.29, 0.717) is 0 Å². The quantitative estimate of drug-likeness (QED) is 0.665. The number of fused-ring (bicyclic) bond motifs is 1. The third-order valence-corrected chi connectivity index (χ3v) is 3.48. The molecule has 0 atom stereocenters. The molecule has 0 unspecified atom stereocenters. The largest absolute Gasteiger partial charge is 0.309 e.